The summed E-state index contributed by atoms with van der Waals surface area (Å²) in [6, 6.07) is 7.10. The van der Waals surface area contributed by atoms with Crippen LogP contribution in [0.15, 0.2) is 36.4 Å². The van der Waals surface area contributed by atoms with Gasteiger partial charge in [-0.25, -0.2) is 4.79 Å². The minimum atomic E-state index is -4.84. The van der Waals surface area contributed by atoms with Gasteiger partial charge in [-0.15, -0.1) is 0 Å². The van der Waals surface area contributed by atoms with Gasteiger partial charge in [0, 0.05) is 0 Å². The largest absolute Gasteiger partial charge is 0.493 e. The molecule has 2 aromatic carbocycles. The summed E-state index contributed by atoms with van der Waals surface area (Å²) in [4.78, 5) is 22.5. The molecule has 2 aromatic rings. The molecule has 0 aliphatic heterocycles. The smallest absolute Gasteiger partial charge is 0.446 e. The lowest BCUT2D eigenvalue weighted by Crippen LogP contribution is -2.28. The number of hydrogen-bond acceptors (Lipinski definition) is 11. The molecule has 0 spiro atoms. The van der Waals surface area contributed by atoms with Crippen LogP contribution in [0.2, 0.25) is 0 Å². The standard InChI is InChI=1S/C20H22O13S/c1-30-14-8-11(18(23)19(24)20(25)26)3-5-12(14)32-16(9-21)17(22)10-4-6-13(15(7-10)31-2)33-34(27,28)29/h3-9,16-19,22-24H,1-2H3,(H,25,26)(H,27,28,29). The van der Waals surface area contributed by atoms with Gasteiger partial charge >= 0.3 is 16.4 Å². The van der Waals surface area contributed by atoms with Crippen LogP contribution in [0.5, 0.6) is 23.0 Å². The van der Waals surface area contributed by atoms with Crippen molar-refractivity contribution in [1.29, 1.82) is 0 Å². The summed E-state index contributed by atoms with van der Waals surface area (Å²) < 4.78 is 50.7. The Labute approximate surface area is 193 Å². The van der Waals surface area contributed by atoms with Gasteiger partial charge in [0.2, 0.25) is 0 Å². The van der Waals surface area contributed by atoms with Crippen LogP contribution in [0.3, 0.4) is 0 Å². The Hall–Kier alpha value is -3.43. The zero-order valence-electron chi connectivity index (χ0n) is 17.8. The first-order chi connectivity index (χ1) is 15.9. The molecule has 0 bridgehead atoms. The van der Waals surface area contributed by atoms with Crippen LogP contribution in [0, 0.1) is 0 Å². The molecule has 0 heterocycles. The molecule has 13 nitrogen and oxygen atoms in total. The van der Waals surface area contributed by atoms with E-state index < -0.39 is 40.8 Å². The number of aliphatic hydroxyl groups excluding tert-OH is 3. The number of carboxylic acids is 1. The van der Waals surface area contributed by atoms with Crippen molar-refractivity contribution in [3.05, 3.63) is 47.5 Å². The maximum atomic E-state index is 11.6. The Morgan fingerprint density at radius 3 is 1.85 bits per heavy atom. The number of aliphatic hydroxyl groups is 3. The monoisotopic (exact) mass is 502 g/mol. The highest BCUT2D eigenvalue weighted by Crippen LogP contribution is 2.35. The van der Waals surface area contributed by atoms with Crippen molar-refractivity contribution in [1.82, 2.24) is 0 Å². The van der Waals surface area contributed by atoms with Crippen molar-refractivity contribution >= 4 is 22.7 Å². The predicted octanol–water partition coefficient (Wildman–Crippen LogP) is 0.0442. The molecule has 186 valence electrons. The second-order valence-electron chi connectivity index (χ2n) is 6.72. The third kappa shape index (κ3) is 6.55. The molecular formula is C20H22O13S. The van der Waals surface area contributed by atoms with E-state index in [4.69, 9.17) is 23.9 Å². The van der Waals surface area contributed by atoms with Crippen molar-refractivity contribution in [2.24, 2.45) is 0 Å². The van der Waals surface area contributed by atoms with E-state index in [0.29, 0.717) is 0 Å². The molecule has 2 rings (SSSR count). The van der Waals surface area contributed by atoms with Crippen LogP contribution < -0.4 is 18.4 Å². The second-order valence-corrected chi connectivity index (χ2v) is 7.75. The summed E-state index contributed by atoms with van der Waals surface area (Å²) >= 11 is 0. The SMILES string of the molecule is COc1cc(C(O)C(O)C(=O)O)ccc1OC(C=O)C(O)c1ccc(OS(=O)(=O)O)c(OC)c1. The van der Waals surface area contributed by atoms with Gasteiger partial charge in [0.25, 0.3) is 0 Å². The van der Waals surface area contributed by atoms with Crippen LogP contribution in [0.4, 0.5) is 0 Å². The van der Waals surface area contributed by atoms with E-state index in [1.165, 1.54) is 38.5 Å². The lowest BCUT2D eigenvalue weighted by Gasteiger charge is -2.22. The first-order valence-electron chi connectivity index (χ1n) is 9.33. The summed E-state index contributed by atoms with van der Waals surface area (Å²) in [5.74, 6) is -2.28. The minimum Gasteiger partial charge on any atom is -0.493 e. The molecule has 0 saturated carbocycles. The van der Waals surface area contributed by atoms with Gasteiger partial charge in [0.15, 0.2) is 41.5 Å². The fourth-order valence-corrected chi connectivity index (χ4v) is 3.20. The van der Waals surface area contributed by atoms with E-state index in [1.54, 1.807) is 0 Å². The third-order valence-electron chi connectivity index (χ3n) is 4.51. The molecule has 5 N–H and O–H groups in total. The van der Waals surface area contributed by atoms with Gasteiger partial charge in [-0.1, -0.05) is 12.1 Å². The fourth-order valence-electron chi connectivity index (χ4n) is 2.84. The van der Waals surface area contributed by atoms with E-state index in [-0.39, 0.29) is 40.4 Å². The number of carbonyl (C=O) groups is 2. The minimum absolute atomic E-state index is 0.0125. The Morgan fingerprint density at radius 2 is 1.38 bits per heavy atom. The molecule has 4 unspecified atom stereocenters. The van der Waals surface area contributed by atoms with E-state index in [9.17, 15) is 33.3 Å². The Kier molecular flexibility index (Phi) is 8.78. The molecule has 4 atom stereocenters. The molecule has 0 aliphatic carbocycles. The Morgan fingerprint density at radius 1 is 0.882 bits per heavy atom. The normalized spacial score (nSPS) is 14.9. The van der Waals surface area contributed by atoms with Crippen molar-refractivity contribution in [2.45, 2.75) is 24.4 Å². The van der Waals surface area contributed by atoms with Crippen LogP contribution >= 0.6 is 0 Å². The molecule has 34 heavy (non-hydrogen) atoms. The van der Waals surface area contributed by atoms with Gasteiger partial charge in [-0.2, -0.15) is 8.42 Å². The summed E-state index contributed by atoms with van der Waals surface area (Å²) in [6.45, 7) is 0. The number of carbonyl (C=O) groups excluding carboxylic acids is 1. The summed E-state index contributed by atoms with van der Waals surface area (Å²) in [7, 11) is -2.42. The molecule has 0 fully saturated rings. The van der Waals surface area contributed by atoms with Crippen molar-refractivity contribution in [2.75, 3.05) is 14.2 Å². The average molecular weight is 502 g/mol. The molecular weight excluding hydrogens is 480 g/mol. The van der Waals surface area contributed by atoms with E-state index >= 15 is 0 Å². The van der Waals surface area contributed by atoms with Crippen molar-refractivity contribution in [3.63, 3.8) is 0 Å². The third-order valence-corrected chi connectivity index (χ3v) is 4.90. The number of aldehydes is 1. The molecule has 0 aliphatic rings. The first kappa shape index (κ1) is 26.8. The summed E-state index contributed by atoms with van der Waals surface area (Å²) in [6.07, 6.45) is -6.68. The number of hydrogen-bond donors (Lipinski definition) is 5. The number of aliphatic carboxylic acids is 1. The van der Waals surface area contributed by atoms with Gasteiger partial charge in [0.1, 0.15) is 12.2 Å². The topological polar surface area (TPSA) is 206 Å². The van der Waals surface area contributed by atoms with E-state index in [1.807, 2.05) is 0 Å². The summed E-state index contributed by atoms with van der Waals surface area (Å²) in [5, 5.41) is 39.0. The first-order valence-corrected chi connectivity index (χ1v) is 10.7. The Bertz CT molecular complexity index is 1130. The maximum Gasteiger partial charge on any atom is 0.446 e. The van der Waals surface area contributed by atoms with Crippen LogP contribution in [-0.4, -0.2) is 72.1 Å². The van der Waals surface area contributed by atoms with Crippen LogP contribution in [0.1, 0.15) is 23.3 Å². The Balaban J connectivity index is 2.30. The van der Waals surface area contributed by atoms with Crippen LogP contribution in [0.25, 0.3) is 0 Å². The highest BCUT2D eigenvalue weighted by atomic mass is 32.3. The number of methoxy groups -OCH3 is 2. The second kappa shape index (κ2) is 11.1. The average Bonchev–Trinajstić information content (AvgIpc) is 2.80. The highest BCUT2D eigenvalue weighted by Gasteiger charge is 2.28. The van der Waals surface area contributed by atoms with E-state index in [0.717, 1.165) is 12.1 Å². The lowest BCUT2D eigenvalue weighted by atomic mass is 10.0. The number of ether oxygens (including phenoxy) is 3. The fraction of sp³-hybridized carbons (Fsp3) is 0.300. The molecule has 0 amide bonds. The maximum absolute atomic E-state index is 11.6. The lowest BCUT2D eigenvalue weighted by molar-refractivity contribution is -0.153. The molecule has 14 heteroatoms. The van der Waals surface area contributed by atoms with Gasteiger partial charge in [-0.05, 0) is 35.4 Å². The van der Waals surface area contributed by atoms with E-state index in [2.05, 4.69) is 4.18 Å². The number of carboxylic acid groups (broad SMARTS) is 1. The highest BCUT2D eigenvalue weighted by molar-refractivity contribution is 7.81. The molecule has 0 saturated heterocycles. The van der Waals surface area contributed by atoms with Crippen LogP contribution in [-0.2, 0) is 20.0 Å². The van der Waals surface area contributed by atoms with Crippen molar-refractivity contribution < 1.29 is 61.4 Å². The molecule has 0 radical (unpaired) electrons. The zero-order valence-corrected chi connectivity index (χ0v) is 18.6. The molecule has 0 aromatic heterocycles. The van der Waals surface area contributed by atoms with Gasteiger partial charge in [-0.3, -0.25) is 9.35 Å². The van der Waals surface area contributed by atoms with Crippen molar-refractivity contribution in [3.8, 4) is 23.0 Å². The van der Waals surface area contributed by atoms with Gasteiger partial charge < -0.3 is 38.8 Å². The number of rotatable bonds is 12. The quantitative estimate of drug-likeness (QED) is 0.192. The van der Waals surface area contributed by atoms with Gasteiger partial charge in [0.05, 0.1) is 14.2 Å². The number of benzene rings is 2. The predicted molar refractivity (Wildman–Crippen MR) is 112 cm³/mol. The summed E-state index contributed by atoms with van der Waals surface area (Å²) in [5.41, 5.74) is 0.0497. The zero-order chi connectivity index (χ0) is 25.6.